The number of rotatable bonds is 5. The van der Waals surface area contributed by atoms with Gasteiger partial charge in [0.25, 0.3) is 0 Å². The molecule has 0 bridgehead atoms. The predicted molar refractivity (Wildman–Crippen MR) is 176 cm³/mol. The number of aliphatic hydroxyl groups is 6. The van der Waals surface area contributed by atoms with Crippen LogP contribution in [0.2, 0.25) is 0 Å². The first-order chi connectivity index (χ1) is 25.1. The van der Waals surface area contributed by atoms with Crippen molar-refractivity contribution in [2.24, 2.45) is 0 Å². The van der Waals surface area contributed by atoms with Crippen LogP contribution in [-0.2, 0) is 11.2 Å². The summed E-state index contributed by atoms with van der Waals surface area (Å²) in [6.07, 6.45) is -15.3. The van der Waals surface area contributed by atoms with Crippen LogP contribution in [0.15, 0.2) is 48.5 Å². The zero-order chi connectivity index (χ0) is 38.2. The molecule has 1 saturated heterocycles. The first kappa shape index (κ1) is 36.0. The van der Waals surface area contributed by atoms with Crippen molar-refractivity contribution in [2.75, 3.05) is 6.61 Å². The molecule has 1 fully saturated rings. The van der Waals surface area contributed by atoms with Crippen LogP contribution in [0.25, 0.3) is 0 Å². The van der Waals surface area contributed by atoms with Crippen LogP contribution in [0, 0.1) is 0 Å². The summed E-state index contributed by atoms with van der Waals surface area (Å²) in [5.41, 5.74) is -0.944. The highest BCUT2D eigenvalue weighted by atomic mass is 16.6. The van der Waals surface area contributed by atoms with Gasteiger partial charge in [-0.1, -0.05) is 12.1 Å². The minimum Gasteiger partial charge on any atom is -0.507 e. The van der Waals surface area contributed by atoms with Crippen molar-refractivity contribution in [1.82, 2.24) is 0 Å². The van der Waals surface area contributed by atoms with Crippen molar-refractivity contribution in [3.8, 4) is 57.5 Å². The number of hydrogen-bond donors (Lipinski definition) is 14. The van der Waals surface area contributed by atoms with E-state index in [-0.39, 0.29) is 40.0 Å². The van der Waals surface area contributed by atoms with E-state index in [4.69, 9.17) is 14.2 Å². The summed E-state index contributed by atoms with van der Waals surface area (Å²) < 4.78 is 18.2. The maximum Gasteiger partial charge on any atom is 0.157 e. The standard InChI is InChI=1S/C36H36O17/c37-10-23-28(47)30(49)31(50)36(51-23)26-21(45)9-20(44)25-27(29(48)33(53-35(25)26)12-2-4-15(39)18(42)6-12)24-19(43)8-16(40)13-7-22(46)32(52-34(13)24)11-1-3-14(38)17(41)5-11/h1-6,8-9,22-23,27-33,36-50H,7,10H2/t22-,23-,27-,28-,29-,30+,31-,32-,33-,36+/m1/s1. The van der Waals surface area contributed by atoms with Crippen LogP contribution in [0.3, 0.4) is 0 Å². The minimum atomic E-state index is -1.97. The highest BCUT2D eigenvalue weighted by Gasteiger charge is 2.51. The summed E-state index contributed by atoms with van der Waals surface area (Å²) in [5, 5.41) is 151. The lowest BCUT2D eigenvalue weighted by Gasteiger charge is -2.44. The van der Waals surface area contributed by atoms with Gasteiger partial charge >= 0.3 is 0 Å². The number of hydrogen-bond acceptors (Lipinski definition) is 17. The Bertz CT molecular complexity index is 2070. The van der Waals surface area contributed by atoms with Crippen LogP contribution in [-0.4, -0.2) is 115 Å². The van der Waals surface area contributed by atoms with Crippen molar-refractivity contribution < 1.29 is 85.7 Å². The molecule has 17 heteroatoms. The number of phenolic OH excluding ortho intramolecular Hbond substituents is 8. The van der Waals surface area contributed by atoms with Gasteiger partial charge in [0.05, 0.1) is 24.2 Å². The quantitative estimate of drug-likeness (QED) is 0.124. The van der Waals surface area contributed by atoms with Crippen LogP contribution in [0.5, 0.6) is 57.5 Å². The largest absolute Gasteiger partial charge is 0.507 e. The third-order valence-electron chi connectivity index (χ3n) is 10.1. The maximum atomic E-state index is 12.2. The van der Waals surface area contributed by atoms with E-state index in [0.717, 1.165) is 36.4 Å². The van der Waals surface area contributed by atoms with Gasteiger partial charge in [0.2, 0.25) is 0 Å². The molecule has 14 N–H and O–H groups in total. The third kappa shape index (κ3) is 5.78. The first-order valence-electron chi connectivity index (χ1n) is 16.3. The highest BCUT2D eigenvalue weighted by Crippen LogP contribution is 2.60. The van der Waals surface area contributed by atoms with Gasteiger partial charge < -0.3 is 85.7 Å². The molecule has 0 unspecified atom stereocenters. The molecule has 10 atom stereocenters. The number of aliphatic hydroxyl groups excluding tert-OH is 6. The molecule has 0 spiro atoms. The lowest BCUT2D eigenvalue weighted by molar-refractivity contribution is -0.232. The SMILES string of the molecule is OC[C@H]1O[C@@H](c2c(O)cc(O)c3c2O[C@H](c2ccc(O)c(O)c2)[C@H](O)[C@@H]3c2c(O)cc(O)c3c2O[C@H](c2ccc(O)c(O)c2)[C@H](O)C3)[C@H](O)[C@@H](O)[C@@H]1O. The normalized spacial score (nSPS) is 29.4. The van der Waals surface area contributed by atoms with E-state index in [2.05, 4.69) is 0 Å². The molecular formula is C36H36O17. The van der Waals surface area contributed by atoms with Crippen molar-refractivity contribution in [2.45, 2.75) is 67.3 Å². The summed E-state index contributed by atoms with van der Waals surface area (Å²) in [4.78, 5) is 0. The Morgan fingerprint density at radius 2 is 1.02 bits per heavy atom. The molecule has 3 aliphatic rings. The summed E-state index contributed by atoms with van der Waals surface area (Å²) in [6.45, 7) is -0.837. The zero-order valence-corrected chi connectivity index (χ0v) is 27.3. The molecule has 4 aromatic carbocycles. The molecule has 0 aromatic heterocycles. The van der Waals surface area contributed by atoms with E-state index in [9.17, 15) is 71.5 Å². The first-order valence-corrected chi connectivity index (χ1v) is 16.3. The summed E-state index contributed by atoms with van der Waals surface area (Å²) >= 11 is 0. The van der Waals surface area contributed by atoms with E-state index < -0.39 is 125 Å². The second-order valence-corrected chi connectivity index (χ2v) is 13.3. The number of phenols is 8. The molecule has 3 heterocycles. The Kier molecular flexibility index (Phi) is 8.98. The Morgan fingerprint density at radius 3 is 1.60 bits per heavy atom. The molecule has 0 amide bonds. The van der Waals surface area contributed by atoms with Crippen molar-refractivity contribution in [1.29, 1.82) is 0 Å². The molecule has 282 valence electrons. The zero-order valence-electron chi connectivity index (χ0n) is 27.3. The molecule has 0 saturated carbocycles. The Labute approximate surface area is 298 Å². The van der Waals surface area contributed by atoms with Crippen molar-refractivity contribution in [3.63, 3.8) is 0 Å². The van der Waals surface area contributed by atoms with E-state index in [1.165, 1.54) is 12.1 Å². The summed E-state index contributed by atoms with van der Waals surface area (Å²) in [5.74, 6) is -7.29. The van der Waals surface area contributed by atoms with Gasteiger partial charge in [0, 0.05) is 35.2 Å². The predicted octanol–water partition coefficient (Wildman–Crippen LogP) is 0.510. The van der Waals surface area contributed by atoms with Crippen molar-refractivity contribution >= 4 is 0 Å². The molecule has 17 nitrogen and oxygen atoms in total. The molecule has 7 rings (SSSR count). The Morgan fingerprint density at radius 1 is 0.491 bits per heavy atom. The van der Waals surface area contributed by atoms with E-state index in [1.807, 2.05) is 0 Å². The second kappa shape index (κ2) is 13.2. The van der Waals surface area contributed by atoms with E-state index in [1.54, 1.807) is 0 Å². The molecule has 4 aromatic rings. The Balaban J connectivity index is 1.48. The van der Waals surface area contributed by atoms with Gasteiger partial charge in [-0.05, 0) is 35.4 Å². The van der Waals surface area contributed by atoms with Crippen LogP contribution in [0.1, 0.15) is 57.6 Å². The van der Waals surface area contributed by atoms with Gasteiger partial charge in [-0.3, -0.25) is 0 Å². The van der Waals surface area contributed by atoms with Crippen LogP contribution in [0.4, 0.5) is 0 Å². The van der Waals surface area contributed by atoms with Gasteiger partial charge in [-0.25, -0.2) is 0 Å². The monoisotopic (exact) mass is 740 g/mol. The average molecular weight is 741 g/mol. The summed E-state index contributed by atoms with van der Waals surface area (Å²) in [7, 11) is 0. The number of fused-ring (bicyclic) bond motifs is 2. The van der Waals surface area contributed by atoms with Crippen molar-refractivity contribution in [3.05, 3.63) is 81.9 Å². The fourth-order valence-electron chi connectivity index (χ4n) is 7.40. The fourth-order valence-corrected chi connectivity index (χ4v) is 7.40. The lowest BCUT2D eigenvalue weighted by atomic mass is 9.76. The lowest BCUT2D eigenvalue weighted by Crippen LogP contribution is -2.55. The maximum absolute atomic E-state index is 12.2. The van der Waals surface area contributed by atoms with Gasteiger partial charge in [-0.15, -0.1) is 0 Å². The second-order valence-electron chi connectivity index (χ2n) is 13.3. The van der Waals surface area contributed by atoms with E-state index >= 15 is 0 Å². The van der Waals surface area contributed by atoms with Gasteiger partial charge in [-0.2, -0.15) is 0 Å². The van der Waals surface area contributed by atoms with Gasteiger partial charge in [0.15, 0.2) is 29.1 Å². The van der Waals surface area contributed by atoms with Crippen LogP contribution >= 0.6 is 0 Å². The smallest absolute Gasteiger partial charge is 0.157 e. The molecule has 53 heavy (non-hydrogen) atoms. The fraction of sp³-hybridized carbons (Fsp3) is 0.333. The number of benzene rings is 4. The Hall–Kier alpha value is -5.40. The van der Waals surface area contributed by atoms with Crippen LogP contribution < -0.4 is 9.47 Å². The molecule has 0 radical (unpaired) electrons. The van der Waals surface area contributed by atoms with Gasteiger partial charge in [0.1, 0.15) is 77.2 Å². The third-order valence-corrected chi connectivity index (χ3v) is 10.1. The summed E-state index contributed by atoms with van der Waals surface area (Å²) in [6, 6.07) is 8.76. The molecule has 3 aliphatic heterocycles. The number of ether oxygens (including phenoxy) is 3. The topological polar surface area (TPSA) is 311 Å². The minimum absolute atomic E-state index is 0.00644. The molecular weight excluding hydrogens is 704 g/mol. The number of aromatic hydroxyl groups is 8. The molecule has 0 aliphatic carbocycles. The van der Waals surface area contributed by atoms with E-state index in [0.29, 0.717) is 0 Å². The highest BCUT2D eigenvalue weighted by molar-refractivity contribution is 5.68. The average Bonchev–Trinajstić information content (AvgIpc) is 3.11.